The second kappa shape index (κ2) is 5.12. The van der Waals surface area contributed by atoms with E-state index in [1.54, 1.807) is 7.11 Å². The van der Waals surface area contributed by atoms with Gasteiger partial charge in [-0.15, -0.1) is 0 Å². The minimum absolute atomic E-state index is 0.155. The molecule has 1 aliphatic heterocycles. The van der Waals surface area contributed by atoms with E-state index in [4.69, 9.17) is 9.47 Å². The summed E-state index contributed by atoms with van der Waals surface area (Å²) in [4.78, 5) is 18.6. The van der Waals surface area contributed by atoms with Crippen molar-refractivity contribution >= 4 is 5.97 Å². The Balaban J connectivity index is 2.04. The first-order valence-corrected chi connectivity index (χ1v) is 6.63. The average Bonchev–Trinajstić information content (AvgIpc) is 3.09. The smallest absolute Gasteiger partial charge is 0.356 e. The highest BCUT2D eigenvalue weighted by molar-refractivity contribution is 5.88. The third-order valence-corrected chi connectivity index (χ3v) is 3.45. The van der Waals surface area contributed by atoms with Crippen LogP contribution < -0.4 is 9.47 Å². The van der Waals surface area contributed by atoms with Crippen molar-refractivity contribution in [3.8, 4) is 22.9 Å². The number of methoxy groups -OCH3 is 2. The Morgan fingerprint density at radius 1 is 1.43 bits per heavy atom. The van der Waals surface area contributed by atoms with Gasteiger partial charge in [0.05, 0.1) is 26.0 Å². The summed E-state index contributed by atoms with van der Waals surface area (Å²) in [6.07, 6.45) is 2.46. The average molecular weight is 288 g/mol. The molecule has 6 nitrogen and oxygen atoms in total. The quantitative estimate of drug-likeness (QED) is 0.876. The summed E-state index contributed by atoms with van der Waals surface area (Å²) in [6.45, 7) is 2.02. The third-order valence-electron chi connectivity index (χ3n) is 3.45. The molecule has 0 bridgehead atoms. The molecular formula is C15H16N2O4. The predicted octanol–water partition coefficient (Wildman–Crippen LogP) is 2.20. The van der Waals surface area contributed by atoms with E-state index in [2.05, 4.69) is 14.7 Å². The highest BCUT2D eigenvalue weighted by atomic mass is 16.5. The summed E-state index contributed by atoms with van der Waals surface area (Å²) in [6, 6.07) is 3.84. The fraction of sp³-hybridized carbons (Fsp3) is 0.333. The van der Waals surface area contributed by atoms with E-state index in [1.165, 1.54) is 13.3 Å². The molecule has 0 saturated carbocycles. The summed E-state index contributed by atoms with van der Waals surface area (Å²) in [5, 5.41) is 0. The lowest BCUT2D eigenvalue weighted by Gasteiger charge is -2.09. The van der Waals surface area contributed by atoms with Crippen molar-refractivity contribution in [1.29, 1.82) is 0 Å². The van der Waals surface area contributed by atoms with E-state index in [0.29, 0.717) is 17.3 Å². The van der Waals surface area contributed by atoms with E-state index < -0.39 is 5.97 Å². The van der Waals surface area contributed by atoms with E-state index >= 15 is 0 Å². The maximum Gasteiger partial charge on any atom is 0.356 e. The van der Waals surface area contributed by atoms with Crippen LogP contribution in [0.2, 0.25) is 0 Å². The summed E-state index contributed by atoms with van der Waals surface area (Å²) >= 11 is 0. The molecule has 0 amide bonds. The fourth-order valence-electron chi connectivity index (χ4n) is 2.47. The number of benzene rings is 1. The number of nitrogens with zero attached hydrogens (tertiary/aromatic N) is 1. The SMILES string of the molecule is COC(=O)c1cnc(-c2cc3c(cc2OC)CC(C)O3)[nH]1. The number of aromatic nitrogens is 2. The molecule has 1 atom stereocenters. The highest BCUT2D eigenvalue weighted by Crippen LogP contribution is 2.38. The lowest BCUT2D eigenvalue weighted by Crippen LogP contribution is -2.05. The topological polar surface area (TPSA) is 73.4 Å². The van der Waals surface area contributed by atoms with Gasteiger partial charge in [0.25, 0.3) is 0 Å². The normalized spacial score (nSPS) is 16.2. The Morgan fingerprint density at radius 3 is 2.95 bits per heavy atom. The lowest BCUT2D eigenvalue weighted by molar-refractivity contribution is 0.0595. The van der Waals surface area contributed by atoms with Crippen molar-refractivity contribution < 1.29 is 19.0 Å². The Hall–Kier alpha value is -2.50. The number of aromatic amines is 1. The highest BCUT2D eigenvalue weighted by Gasteiger charge is 2.23. The number of ether oxygens (including phenoxy) is 3. The number of carbonyl (C=O) groups is 1. The largest absolute Gasteiger partial charge is 0.496 e. The van der Waals surface area contributed by atoms with Crippen LogP contribution in [0.4, 0.5) is 0 Å². The third kappa shape index (κ3) is 2.33. The molecule has 3 rings (SSSR count). The van der Waals surface area contributed by atoms with Crippen LogP contribution in [0.15, 0.2) is 18.3 Å². The van der Waals surface area contributed by atoms with Crippen molar-refractivity contribution in [2.24, 2.45) is 0 Å². The number of esters is 1. The van der Waals surface area contributed by atoms with Crippen molar-refractivity contribution in [2.75, 3.05) is 14.2 Å². The van der Waals surface area contributed by atoms with Crippen molar-refractivity contribution in [3.05, 3.63) is 29.6 Å². The van der Waals surface area contributed by atoms with Crippen molar-refractivity contribution in [2.45, 2.75) is 19.4 Å². The minimum Gasteiger partial charge on any atom is -0.496 e. The molecule has 0 spiro atoms. The van der Waals surface area contributed by atoms with Crippen LogP contribution in [0, 0.1) is 0 Å². The maximum atomic E-state index is 11.5. The molecule has 0 radical (unpaired) electrons. The van der Waals surface area contributed by atoms with E-state index in [0.717, 1.165) is 23.3 Å². The molecule has 6 heteroatoms. The Bertz CT molecular complexity index is 693. The predicted molar refractivity (Wildman–Crippen MR) is 75.7 cm³/mol. The number of carbonyl (C=O) groups excluding carboxylic acids is 1. The molecule has 0 saturated heterocycles. The standard InChI is InChI=1S/C15H16N2O4/c1-8-4-9-5-13(19-2)10(6-12(9)21-8)14-16-7-11(17-14)15(18)20-3/h5-8H,4H2,1-3H3,(H,16,17). The maximum absolute atomic E-state index is 11.5. The van der Waals surface area contributed by atoms with Gasteiger partial charge in [0.1, 0.15) is 29.1 Å². The fourth-order valence-corrected chi connectivity index (χ4v) is 2.47. The first-order chi connectivity index (χ1) is 10.1. The minimum atomic E-state index is -0.459. The van der Waals surface area contributed by atoms with Crippen LogP contribution in [0.3, 0.4) is 0 Å². The summed E-state index contributed by atoms with van der Waals surface area (Å²) < 4.78 is 15.8. The van der Waals surface area contributed by atoms with Gasteiger partial charge in [-0.2, -0.15) is 0 Å². The molecule has 0 aliphatic carbocycles. The summed E-state index contributed by atoms with van der Waals surface area (Å²) in [5.74, 6) is 1.60. The zero-order chi connectivity index (χ0) is 15.0. The van der Waals surface area contributed by atoms with Crippen LogP contribution in [0.25, 0.3) is 11.4 Å². The van der Waals surface area contributed by atoms with Crippen LogP contribution in [-0.4, -0.2) is 36.3 Å². The molecule has 0 fully saturated rings. The molecule has 1 aliphatic rings. The second-order valence-corrected chi connectivity index (χ2v) is 4.93. The molecule has 1 N–H and O–H groups in total. The second-order valence-electron chi connectivity index (χ2n) is 4.93. The van der Waals surface area contributed by atoms with E-state index in [-0.39, 0.29) is 6.10 Å². The van der Waals surface area contributed by atoms with Gasteiger partial charge >= 0.3 is 5.97 Å². The Labute approximate surface area is 122 Å². The van der Waals surface area contributed by atoms with Gasteiger partial charge in [-0.25, -0.2) is 9.78 Å². The van der Waals surface area contributed by atoms with E-state index in [9.17, 15) is 4.79 Å². The van der Waals surface area contributed by atoms with Gasteiger partial charge in [-0.1, -0.05) is 0 Å². The molecular weight excluding hydrogens is 272 g/mol. The Kier molecular flexibility index (Phi) is 3.29. The van der Waals surface area contributed by atoms with Gasteiger partial charge < -0.3 is 19.2 Å². The van der Waals surface area contributed by atoms with Gasteiger partial charge in [-0.3, -0.25) is 0 Å². The van der Waals surface area contributed by atoms with Gasteiger partial charge in [0.15, 0.2) is 0 Å². The molecule has 110 valence electrons. The zero-order valence-electron chi connectivity index (χ0n) is 12.1. The monoisotopic (exact) mass is 288 g/mol. The van der Waals surface area contributed by atoms with Crippen LogP contribution in [-0.2, 0) is 11.2 Å². The number of fused-ring (bicyclic) bond motifs is 1. The molecule has 1 aromatic heterocycles. The Morgan fingerprint density at radius 2 is 2.24 bits per heavy atom. The lowest BCUT2D eigenvalue weighted by atomic mass is 10.1. The summed E-state index contributed by atoms with van der Waals surface area (Å²) in [5.41, 5.74) is 2.16. The number of nitrogens with one attached hydrogen (secondary N) is 1. The van der Waals surface area contributed by atoms with Gasteiger partial charge in [-0.05, 0) is 19.1 Å². The summed E-state index contributed by atoms with van der Waals surface area (Å²) in [7, 11) is 2.93. The number of hydrogen-bond donors (Lipinski definition) is 1. The van der Waals surface area contributed by atoms with E-state index in [1.807, 2.05) is 19.1 Å². The number of rotatable bonds is 3. The first kappa shape index (κ1) is 13.5. The molecule has 2 heterocycles. The molecule has 2 aromatic rings. The van der Waals surface area contributed by atoms with Crippen molar-refractivity contribution in [1.82, 2.24) is 9.97 Å². The van der Waals surface area contributed by atoms with Crippen LogP contribution in [0.1, 0.15) is 23.0 Å². The first-order valence-electron chi connectivity index (χ1n) is 6.63. The van der Waals surface area contributed by atoms with Crippen molar-refractivity contribution in [3.63, 3.8) is 0 Å². The van der Waals surface area contributed by atoms with Gasteiger partial charge in [0, 0.05) is 12.0 Å². The van der Waals surface area contributed by atoms with Crippen LogP contribution >= 0.6 is 0 Å². The number of hydrogen-bond acceptors (Lipinski definition) is 5. The zero-order valence-corrected chi connectivity index (χ0v) is 12.1. The molecule has 1 aromatic carbocycles. The number of H-pyrrole nitrogens is 1. The number of imidazole rings is 1. The molecule has 1 unspecified atom stereocenters. The van der Waals surface area contributed by atoms with Crippen LogP contribution in [0.5, 0.6) is 11.5 Å². The molecule has 21 heavy (non-hydrogen) atoms. The van der Waals surface area contributed by atoms with Gasteiger partial charge in [0.2, 0.25) is 0 Å².